The quantitative estimate of drug-likeness (QED) is 0.208. The van der Waals surface area contributed by atoms with Gasteiger partial charge in [-0.2, -0.15) is 0 Å². The molecular formula is C26H34O3SSe. The predicted octanol–water partition coefficient (Wildman–Crippen LogP) is 5.93. The van der Waals surface area contributed by atoms with Crippen LogP contribution in [0.15, 0.2) is 54.6 Å². The molecule has 5 heteroatoms. The van der Waals surface area contributed by atoms with Gasteiger partial charge in [-0.1, -0.05) is 0 Å². The Labute approximate surface area is 196 Å². The molecule has 0 aromatic heterocycles. The van der Waals surface area contributed by atoms with E-state index in [-0.39, 0.29) is 31.5 Å². The van der Waals surface area contributed by atoms with Crippen molar-refractivity contribution in [1.29, 1.82) is 0 Å². The first-order valence-electron chi connectivity index (χ1n) is 11.0. The summed E-state index contributed by atoms with van der Waals surface area (Å²) < 4.78 is 1.16. The monoisotopic (exact) mass is 506 g/mol. The summed E-state index contributed by atoms with van der Waals surface area (Å²) in [5, 5.41) is 9.40. The van der Waals surface area contributed by atoms with Crippen LogP contribution in [0, 0.1) is 5.41 Å². The zero-order valence-corrected chi connectivity index (χ0v) is 21.3. The average molecular weight is 506 g/mol. The van der Waals surface area contributed by atoms with Crippen LogP contribution in [0.25, 0.3) is 0 Å². The maximum atomic E-state index is 13.0. The fourth-order valence-corrected chi connectivity index (χ4v) is 8.29. The Morgan fingerprint density at radius 3 is 2.32 bits per heavy atom. The van der Waals surface area contributed by atoms with Crippen molar-refractivity contribution < 1.29 is 14.7 Å². The van der Waals surface area contributed by atoms with Crippen molar-refractivity contribution in [2.24, 2.45) is 5.41 Å². The van der Waals surface area contributed by atoms with E-state index >= 15 is 0 Å². The van der Waals surface area contributed by atoms with Crippen LogP contribution >= 0.6 is 10.2 Å². The number of hydrogen-bond donors (Lipinski definition) is 1. The number of hydrogen-bond acceptors (Lipinski definition) is 3. The number of unbranched alkanes of at least 4 members (excludes halogenated alkanes) is 1. The molecule has 0 radical (unpaired) electrons. The SMILES string of the molecule is CC(C)(C)CCC(CCCCC(=O)O)S[Se]c1ccccc1C(=O)Cc1ccccc1. The first-order chi connectivity index (χ1) is 14.7. The number of benzene rings is 2. The number of carbonyl (C=O) groups excluding carboxylic acids is 1. The molecular weight excluding hydrogens is 471 g/mol. The third-order valence-corrected chi connectivity index (χ3v) is 10.3. The summed E-state index contributed by atoms with van der Waals surface area (Å²) in [6, 6.07) is 17.9. The van der Waals surface area contributed by atoms with Gasteiger partial charge in [-0.05, 0) is 0 Å². The second kappa shape index (κ2) is 13.1. The molecule has 1 atom stereocenters. The average Bonchev–Trinajstić information content (AvgIpc) is 2.72. The third kappa shape index (κ3) is 10.5. The summed E-state index contributed by atoms with van der Waals surface area (Å²) >= 11 is 0.151. The zero-order valence-electron chi connectivity index (χ0n) is 18.8. The number of rotatable bonds is 13. The second-order valence-electron chi connectivity index (χ2n) is 9.12. The van der Waals surface area contributed by atoms with Crippen molar-refractivity contribution in [2.45, 2.75) is 71.0 Å². The van der Waals surface area contributed by atoms with Crippen molar-refractivity contribution in [1.82, 2.24) is 0 Å². The van der Waals surface area contributed by atoms with E-state index in [2.05, 4.69) is 26.8 Å². The van der Waals surface area contributed by atoms with Crippen molar-refractivity contribution in [3.8, 4) is 0 Å². The molecule has 1 unspecified atom stereocenters. The summed E-state index contributed by atoms with van der Waals surface area (Å²) in [6.45, 7) is 6.80. The van der Waals surface area contributed by atoms with E-state index in [0.29, 0.717) is 11.7 Å². The van der Waals surface area contributed by atoms with Crippen LogP contribution in [0.2, 0.25) is 0 Å². The number of carbonyl (C=O) groups is 2. The second-order valence-corrected chi connectivity index (χ2v) is 13.3. The van der Waals surface area contributed by atoms with Gasteiger partial charge in [0, 0.05) is 0 Å². The predicted molar refractivity (Wildman–Crippen MR) is 132 cm³/mol. The molecule has 168 valence electrons. The number of carboxylic acids is 1. The van der Waals surface area contributed by atoms with Gasteiger partial charge in [0.05, 0.1) is 0 Å². The van der Waals surface area contributed by atoms with Gasteiger partial charge in [-0.3, -0.25) is 0 Å². The molecule has 2 aromatic rings. The molecule has 0 spiro atoms. The number of aliphatic carboxylic acids is 1. The summed E-state index contributed by atoms with van der Waals surface area (Å²) in [4.78, 5) is 23.8. The van der Waals surface area contributed by atoms with Gasteiger partial charge < -0.3 is 0 Å². The van der Waals surface area contributed by atoms with Crippen molar-refractivity contribution in [3.63, 3.8) is 0 Å². The Morgan fingerprint density at radius 1 is 0.968 bits per heavy atom. The minimum atomic E-state index is -0.714. The van der Waals surface area contributed by atoms with E-state index in [4.69, 9.17) is 5.11 Å². The van der Waals surface area contributed by atoms with Crippen LogP contribution in [0.1, 0.15) is 75.2 Å². The molecule has 0 saturated carbocycles. The number of carboxylic acid groups (broad SMARTS) is 1. The standard InChI is InChI=1S/C26H34O3SSe/c1-26(2,3)18-17-21(13-7-10-16-25(28)29)30-31-24-15-9-8-14-22(24)23(27)19-20-11-5-4-6-12-20/h4-6,8-9,11-12,14-15,21H,7,10,13,16-19H2,1-3H3,(H,28,29). The molecule has 31 heavy (non-hydrogen) atoms. The van der Waals surface area contributed by atoms with Gasteiger partial charge in [0.25, 0.3) is 0 Å². The minimum absolute atomic E-state index is 0.151. The van der Waals surface area contributed by atoms with E-state index in [9.17, 15) is 9.59 Å². The molecule has 3 nitrogen and oxygen atoms in total. The molecule has 0 aliphatic heterocycles. The van der Waals surface area contributed by atoms with Crippen LogP contribution < -0.4 is 4.46 Å². The van der Waals surface area contributed by atoms with Crippen molar-refractivity contribution in [3.05, 3.63) is 65.7 Å². The van der Waals surface area contributed by atoms with Crippen LogP contribution in [-0.2, 0) is 11.2 Å². The molecule has 2 aromatic carbocycles. The fourth-order valence-electron chi connectivity index (χ4n) is 3.25. The van der Waals surface area contributed by atoms with Crippen molar-refractivity contribution >= 4 is 40.2 Å². The molecule has 0 aliphatic rings. The Hall–Kier alpha value is -1.55. The molecule has 0 amide bonds. The Kier molecular flexibility index (Phi) is 10.9. The first-order valence-corrected chi connectivity index (χ1v) is 14.7. The van der Waals surface area contributed by atoms with Gasteiger partial charge in [-0.25, -0.2) is 0 Å². The van der Waals surface area contributed by atoms with Gasteiger partial charge in [0.1, 0.15) is 0 Å². The molecule has 0 aliphatic carbocycles. The van der Waals surface area contributed by atoms with Gasteiger partial charge in [0.15, 0.2) is 0 Å². The van der Waals surface area contributed by atoms with E-state index in [0.717, 1.165) is 47.7 Å². The molecule has 2 rings (SSSR count). The molecule has 0 bridgehead atoms. The van der Waals surface area contributed by atoms with Crippen LogP contribution in [0.4, 0.5) is 0 Å². The summed E-state index contributed by atoms with van der Waals surface area (Å²) in [6.07, 6.45) is 5.67. The van der Waals surface area contributed by atoms with Crippen LogP contribution in [0.5, 0.6) is 0 Å². The number of Topliss-reactive ketones (excluding diaryl/α,β-unsaturated/α-hetero) is 1. The first kappa shape index (κ1) is 25.7. The van der Waals surface area contributed by atoms with E-state index in [1.54, 1.807) is 0 Å². The Morgan fingerprint density at radius 2 is 1.65 bits per heavy atom. The Bertz CT molecular complexity index is 830. The Balaban J connectivity index is 2.00. The van der Waals surface area contributed by atoms with Gasteiger partial charge in [0.2, 0.25) is 0 Å². The molecule has 0 fully saturated rings. The van der Waals surface area contributed by atoms with E-state index in [1.165, 1.54) is 0 Å². The summed E-state index contributed by atoms with van der Waals surface area (Å²) in [5.41, 5.74) is 2.18. The van der Waals surface area contributed by atoms with Crippen molar-refractivity contribution in [2.75, 3.05) is 0 Å². The maximum absolute atomic E-state index is 13.0. The topological polar surface area (TPSA) is 54.4 Å². The molecule has 0 heterocycles. The summed E-state index contributed by atoms with van der Waals surface area (Å²) in [7, 11) is 1.97. The molecule has 1 N–H and O–H groups in total. The molecule has 0 saturated heterocycles. The third-order valence-electron chi connectivity index (χ3n) is 5.05. The van der Waals surface area contributed by atoms with Crippen LogP contribution in [-0.4, -0.2) is 35.9 Å². The van der Waals surface area contributed by atoms with E-state index < -0.39 is 5.97 Å². The number of ketones is 1. The van der Waals surface area contributed by atoms with Gasteiger partial charge in [-0.15, -0.1) is 0 Å². The normalized spacial score (nSPS) is 12.5. The zero-order chi connectivity index (χ0) is 22.7. The van der Waals surface area contributed by atoms with E-state index in [1.807, 2.05) is 58.7 Å². The van der Waals surface area contributed by atoms with Gasteiger partial charge >= 0.3 is 197 Å². The fraction of sp³-hybridized carbons (Fsp3) is 0.462. The van der Waals surface area contributed by atoms with Crippen LogP contribution in [0.3, 0.4) is 0 Å². The summed E-state index contributed by atoms with van der Waals surface area (Å²) in [5.74, 6) is -0.536.